The summed E-state index contributed by atoms with van der Waals surface area (Å²) in [5.41, 5.74) is 6.72. The Kier molecular flexibility index (Phi) is 4.74. The van der Waals surface area contributed by atoms with Gasteiger partial charge in [0.1, 0.15) is 5.02 Å². The minimum atomic E-state index is -0.477. The molecule has 0 aromatic heterocycles. The van der Waals surface area contributed by atoms with Gasteiger partial charge in [-0.05, 0) is 24.0 Å². The molecule has 0 radical (unpaired) electrons. The Morgan fingerprint density at radius 1 is 1.53 bits per heavy atom. The zero-order chi connectivity index (χ0) is 11.7. The van der Waals surface area contributed by atoms with E-state index in [9.17, 15) is 10.1 Å². The number of halogens is 2. The molecule has 0 heterocycles. The average molecular weight is 277 g/mol. The highest BCUT2D eigenvalue weighted by atomic mass is 35.5. The molecule has 0 bridgehead atoms. The van der Waals surface area contributed by atoms with Crippen molar-refractivity contribution in [2.45, 2.75) is 25.3 Å². The third-order valence-electron chi connectivity index (χ3n) is 2.88. The van der Waals surface area contributed by atoms with Crippen molar-refractivity contribution in [3.05, 3.63) is 38.9 Å². The van der Waals surface area contributed by atoms with Crippen molar-refractivity contribution in [3.63, 3.8) is 0 Å². The lowest BCUT2D eigenvalue weighted by molar-refractivity contribution is -0.384. The maximum absolute atomic E-state index is 10.7. The third-order valence-corrected chi connectivity index (χ3v) is 3.20. The molecular formula is C11H14Cl2N2O2. The predicted molar refractivity (Wildman–Crippen MR) is 69.6 cm³/mol. The minimum absolute atomic E-state index is 0. The summed E-state index contributed by atoms with van der Waals surface area (Å²) in [5.74, 6) is 0.699. The van der Waals surface area contributed by atoms with Crippen molar-refractivity contribution in [3.8, 4) is 0 Å². The Labute approximate surface area is 111 Å². The number of hydrogen-bond donors (Lipinski definition) is 1. The van der Waals surface area contributed by atoms with E-state index in [1.165, 1.54) is 18.9 Å². The van der Waals surface area contributed by atoms with E-state index in [0.29, 0.717) is 5.92 Å². The standard InChI is InChI=1S/C11H13ClN2O2.ClH/c12-9-4-3-8(6-11(9)14(15)16)10(13)5-7-1-2-7;/h3-4,6-7,10H,1-2,5,13H2;1H/t10-;/m0./s1. The lowest BCUT2D eigenvalue weighted by atomic mass is 10.0. The van der Waals surface area contributed by atoms with E-state index in [2.05, 4.69) is 0 Å². The lowest BCUT2D eigenvalue weighted by Crippen LogP contribution is -2.11. The fourth-order valence-corrected chi connectivity index (χ4v) is 1.94. The van der Waals surface area contributed by atoms with E-state index in [1.54, 1.807) is 12.1 Å². The zero-order valence-electron chi connectivity index (χ0n) is 9.14. The first-order valence-electron chi connectivity index (χ1n) is 5.27. The summed E-state index contributed by atoms with van der Waals surface area (Å²) < 4.78 is 0. The van der Waals surface area contributed by atoms with Crippen molar-refractivity contribution in [2.75, 3.05) is 0 Å². The smallest absolute Gasteiger partial charge is 0.288 e. The Balaban J connectivity index is 0.00000144. The summed E-state index contributed by atoms with van der Waals surface area (Å²) in [4.78, 5) is 10.2. The summed E-state index contributed by atoms with van der Waals surface area (Å²) in [5, 5.41) is 10.9. The normalized spacial score (nSPS) is 16.1. The maximum Gasteiger partial charge on any atom is 0.288 e. The summed E-state index contributed by atoms with van der Waals surface area (Å²) >= 11 is 5.73. The summed E-state index contributed by atoms with van der Waals surface area (Å²) in [7, 11) is 0. The molecule has 1 aromatic rings. The molecule has 0 saturated heterocycles. The number of nitro groups is 1. The van der Waals surface area contributed by atoms with Gasteiger partial charge in [0.15, 0.2) is 0 Å². The second kappa shape index (κ2) is 5.67. The van der Waals surface area contributed by atoms with Crippen LogP contribution in [0.25, 0.3) is 0 Å². The molecule has 2 rings (SSSR count). The van der Waals surface area contributed by atoms with Gasteiger partial charge >= 0.3 is 0 Å². The van der Waals surface area contributed by atoms with Gasteiger partial charge in [0.2, 0.25) is 0 Å². The molecule has 17 heavy (non-hydrogen) atoms. The van der Waals surface area contributed by atoms with Crippen LogP contribution in [0.15, 0.2) is 18.2 Å². The van der Waals surface area contributed by atoms with Crippen LogP contribution in [0, 0.1) is 16.0 Å². The van der Waals surface area contributed by atoms with Crippen LogP contribution in [-0.4, -0.2) is 4.92 Å². The van der Waals surface area contributed by atoms with Gasteiger partial charge in [-0.25, -0.2) is 0 Å². The molecule has 1 atom stereocenters. The van der Waals surface area contributed by atoms with Gasteiger partial charge in [0, 0.05) is 12.1 Å². The fourth-order valence-electron chi connectivity index (χ4n) is 1.75. The molecule has 94 valence electrons. The van der Waals surface area contributed by atoms with Gasteiger partial charge in [-0.1, -0.05) is 30.5 Å². The molecule has 0 amide bonds. The van der Waals surface area contributed by atoms with Crippen molar-refractivity contribution >= 4 is 29.7 Å². The first-order chi connectivity index (χ1) is 7.58. The van der Waals surface area contributed by atoms with Gasteiger partial charge in [-0.3, -0.25) is 10.1 Å². The molecule has 4 nitrogen and oxygen atoms in total. The van der Waals surface area contributed by atoms with Crippen LogP contribution in [0.1, 0.15) is 30.9 Å². The van der Waals surface area contributed by atoms with Crippen LogP contribution in [-0.2, 0) is 0 Å². The van der Waals surface area contributed by atoms with E-state index in [-0.39, 0.29) is 29.2 Å². The first kappa shape index (κ1) is 14.2. The average Bonchev–Trinajstić information content (AvgIpc) is 3.01. The van der Waals surface area contributed by atoms with Crippen LogP contribution in [0.3, 0.4) is 0 Å². The van der Waals surface area contributed by atoms with Crippen molar-refractivity contribution < 1.29 is 4.92 Å². The highest BCUT2D eigenvalue weighted by Gasteiger charge is 2.25. The van der Waals surface area contributed by atoms with Crippen molar-refractivity contribution in [2.24, 2.45) is 11.7 Å². The van der Waals surface area contributed by atoms with Crippen molar-refractivity contribution in [1.82, 2.24) is 0 Å². The van der Waals surface area contributed by atoms with Crippen molar-refractivity contribution in [1.29, 1.82) is 0 Å². The van der Waals surface area contributed by atoms with Gasteiger partial charge in [0.05, 0.1) is 4.92 Å². The van der Waals surface area contributed by atoms with E-state index in [4.69, 9.17) is 17.3 Å². The molecule has 1 aliphatic rings. The minimum Gasteiger partial charge on any atom is -0.324 e. The number of nitrogens with zero attached hydrogens (tertiary/aromatic N) is 1. The molecule has 1 aromatic carbocycles. The number of nitro benzene ring substituents is 1. The molecule has 0 aliphatic heterocycles. The summed E-state index contributed by atoms with van der Waals surface area (Å²) in [6, 6.07) is 4.67. The second-order valence-electron chi connectivity index (χ2n) is 4.25. The molecule has 1 aliphatic carbocycles. The molecule has 6 heteroatoms. The van der Waals surface area contributed by atoms with Gasteiger partial charge in [0.25, 0.3) is 5.69 Å². The second-order valence-corrected chi connectivity index (χ2v) is 4.66. The van der Waals surface area contributed by atoms with Crippen LogP contribution in [0.4, 0.5) is 5.69 Å². The van der Waals surface area contributed by atoms with E-state index >= 15 is 0 Å². The largest absolute Gasteiger partial charge is 0.324 e. The molecule has 1 fully saturated rings. The van der Waals surface area contributed by atoms with Crippen LogP contribution >= 0.6 is 24.0 Å². The molecule has 0 unspecified atom stereocenters. The Hall–Kier alpha value is -0.840. The van der Waals surface area contributed by atoms with Gasteiger partial charge < -0.3 is 5.73 Å². The third kappa shape index (κ3) is 3.56. The topological polar surface area (TPSA) is 69.2 Å². The highest BCUT2D eigenvalue weighted by Crippen LogP contribution is 2.37. The van der Waals surface area contributed by atoms with E-state index in [1.807, 2.05) is 0 Å². The number of benzene rings is 1. The lowest BCUT2D eigenvalue weighted by Gasteiger charge is -2.11. The van der Waals surface area contributed by atoms with Crippen LogP contribution < -0.4 is 5.73 Å². The van der Waals surface area contributed by atoms with E-state index < -0.39 is 4.92 Å². The fraction of sp³-hybridized carbons (Fsp3) is 0.455. The first-order valence-corrected chi connectivity index (χ1v) is 5.65. The summed E-state index contributed by atoms with van der Waals surface area (Å²) in [6.07, 6.45) is 3.35. The maximum atomic E-state index is 10.7. The molecule has 0 spiro atoms. The van der Waals surface area contributed by atoms with Gasteiger partial charge in [-0.2, -0.15) is 0 Å². The van der Waals surface area contributed by atoms with E-state index in [0.717, 1.165) is 12.0 Å². The zero-order valence-corrected chi connectivity index (χ0v) is 10.7. The Bertz CT molecular complexity index is 422. The van der Waals surface area contributed by atoms with Crippen LogP contribution in [0.2, 0.25) is 5.02 Å². The summed E-state index contributed by atoms with van der Waals surface area (Å²) in [6.45, 7) is 0. The molecule has 1 saturated carbocycles. The predicted octanol–water partition coefficient (Wildman–Crippen LogP) is 3.47. The monoisotopic (exact) mass is 276 g/mol. The number of rotatable bonds is 4. The molecule has 2 N–H and O–H groups in total. The number of hydrogen-bond acceptors (Lipinski definition) is 3. The number of nitrogens with two attached hydrogens (primary N) is 1. The highest BCUT2D eigenvalue weighted by molar-refractivity contribution is 6.32. The quantitative estimate of drug-likeness (QED) is 0.676. The van der Waals surface area contributed by atoms with Crippen LogP contribution in [0.5, 0.6) is 0 Å². The van der Waals surface area contributed by atoms with Gasteiger partial charge in [-0.15, -0.1) is 12.4 Å². The SMILES string of the molecule is Cl.N[C@@H](CC1CC1)c1ccc(Cl)c([N+](=O)[O-])c1. The molecular weight excluding hydrogens is 263 g/mol. The Morgan fingerprint density at radius 2 is 2.18 bits per heavy atom. The Morgan fingerprint density at radius 3 is 2.71 bits per heavy atom.